The molecule has 0 bridgehead atoms. The maximum atomic E-state index is 7.53. The van der Waals surface area contributed by atoms with Gasteiger partial charge in [0.2, 0.25) is 0 Å². The highest BCUT2D eigenvalue weighted by molar-refractivity contribution is 7.97. The Hall–Kier alpha value is -5.24. The number of furan rings is 1. The van der Waals surface area contributed by atoms with E-state index in [2.05, 4.69) is 106 Å². The third-order valence-electron chi connectivity index (χ3n) is 8.76. The van der Waals surface area contributed by atoms with E-state index < -0.39 is 0 Å². The van der Waals surface area contributed by atoms with Crippen LogP contribution in [0.25, 0.3) is 76.5 Å². The third-order valence-corrected chi connectivity index (χ3v) is 9.79. The van der Waals surface area contributed by atoms with Crippen LogP contribution in [-0.4, -0.2) is 4.57 Å². The van der Waals surface area contributed by atoms with Gasteiger partial charge < -0.3 is 8.98 Å². The first-order valence-electron chi connectivity index (χ1n) is 14.4. The van der Waals surface area contributed by atoms with Gasteiger partial charge in [-0.1, -0.05) is 66.7 Å². The molecular weight excluding hydrogens is 545 g/mol. The van der Waals surface area contributed by atoms with Crippen LogP contribution in [0.3, 0.4) is 0 Å². The van der Waals surface area contributed by atoms with Gasteiger partial charge in [-0.2, -0.15) is 11.8 Å². The SMILES string of the molecule is [C-]#[N+]c1ccc2c(c1)c1ccccc1n2-c1ccc2c(c1)-c1ccc(-c3ccc4c(c3)oc3ccccc34)cc1CSC2. The Kier molecular flexibility index (Phi) is 5.32. The predicted octanol–water partition coefficient (Wildman–Crippen LogP) is 11.3. The van der Waals surface area contributed by atoms with E-state index in [9.17, 15) is 0 Å². The first kappa shape index (κ1) is 24.4. The average molecular weight is 569 g/mol. The van der Waals surface area contributed by atoms with Crippen molar-refractivity contribution in [3.05, 3.63) is 144 Å². The lowest BCUT2D eigenvalue weighted by molar-refractivity contribution is 0.669. The summed E-state index contributed by atoms with van der Waals surface area (Å²) in [6.45, 7) is 7.53. The largest absolute Gasteiger partial charge is 0.456 e. The van der Waals surface area contributed by atoms with Crippen LogP contribution in [0.4, 0.5) is 5.69 Å². The number of para-hydroxylation sites is 2. The van der Waals surface area contributed by atoms with Crippen molar-refractivity contribution in [1.29, 1.82) is 0 Å². The molecule has 0 spiro atoms. The molecule has 202 valence electrons. The third kappa shape index (κ3) is 3.75. The standard InChI is InChI=1S/C39H24N2OS/c1-40-28-13-17-37-35(20-28)31-6-2-4-8-36(31)41(37)29-14-10-26-22-43-23-27-18-24(11-15-30(27)34(26)21-29)25-12-16-33-32-7-3-5-9-38(32)42-39(33)19-25/h2-21H,22-23H2. The van der Waals surface area contributed by atoms with E-state index in [-0.39, 0.29) is 0 Å². The Morgan fingerprint density at radius 3 is 2.28 bits per heavy atom. The molecule has 0 aliphatic carbocycles. The summed E-state index contributed by atoms with van der Waals surface area (Å²) in [4.78, 5) is 3.69. The van der Waals surface area contributed by atoms with Crippen molar-refractivity contribution in [2.45, 2.75) is 11.5 Å². The number of nitrogens with zero attached hydrogens (tertiary/aromatic N) is 2. The molecule has 43 heavy (non-hydrogen) atoms. The monoisotopic (exact) mass is 568 g/mol. The molecule has 8 aromatic rings. The number of hydrogen-bond acceptors (Lipinski definition) is 2. The van der Waals surface area contributed by atoms with E-state index in [1.165, 1.54) is 38.8 Å². The molecule has 3 heterocycles. The highest BCUT2D eigenvalue weighted by atomic mass is 32.2. The highest BCUT2D eigenvalue weighted by Crippen LogP contribution is 2.41. The fraction of sp³-hybridized carbons (Fsp3) is 0.0513. The quantitative estimate of drug-likeness (QED) is 0.194. The number of rotatable bonds is 2. The molecule has 0 N–H and O–H groups in total. The van der Waals surface area contributed by atoms with Gasteiger partial charge in [0.05, 0.1) is 17.6 Å². The minimum atomic E-state index is 0.665. The first-order chi connectivity index (χ1) is 21.2. The predicted molar refractivity (Wildman–Crippen MR) is 180 cm³/mol. The second kappa shape index (κ2) is 9.39. The van der Waals surface area contributed by atoms with E-state index in [0.717, 1.165) is 55.6 Å². The molecule has 9 rings (SSSR count). The fourth-order valence-corrected chi connectivity index (χ4v) is 7.75. The second-order valence-corrected chi connectivity index (χ2v) is 12.2. The van der Waals surface area contributed by atoms with Crippen LogP contribution in [0.1, 0.15) is 11.1 Å². The molecular formula is C39H24N2OS. The summed E-state index contributed by atoms with van der Waals surface area (Å²) in [7, 11) is 0. The van der Waals surface area contributed by atoms with Crippen molar-refractivity contribution in [1.82, 2.24) is 4.57 Å². The van der Waals surface area contributed by atoms with Gasteiger partial charge in [0.15, 0.2) is 5.69 Å². The van der Waals surface area contributed by atoms with E-state index in [4.69, 9.17) is 11.0 Å². The number of thioether (sulfide) groups is 1. The fourth-order valence-electron chi connectivity index (χ4n) is 6.72. The first-order valence-corrected chi connectivity index (χ1v) is 15.6. The second-order valence-electron chi connectivity index (χ2n) is 11.2. The molecule has 2 aromatic heterocycles. The molecule has 0 saturated heterocycles. The van der Waals surface area contributed by atoms with Gasteiger partial charge in [-0.3, -0.25) is 0 Å². The van der Waals surface area contributed by atoms with Crippen LogP contribution in [0.5, 0.6) is 0 Å². The Morgan fingerprint density at radius 1 is 0.581 bits per heavy atom. The Labute approximate surface area is 252 Å². The normalized spacial score (nSPS) is 12.8. The van der Waals surface area contributed by atoms with E-state index in [0.29, 0.717) is 5.69 Å². The van der Waals surface area contributed by atoms with E-state index in [1.54, 1.807) is 0 Å². The zero-order valence-corrected chi connectivity index (χ0v) is 24.0. The zero-order valence-electron chi connectivity index (χ0n) is 23.2. The summed E-state index contributed by atoms with van der Waals surface area (Å²) in [5.74, 6) is 1.95. The van der Waals surface area contributed by atoms with Crippen LogP contribution in [0.15, 0.2) is 126 Å². The summed E-state index contributed by atoms with van der Waals surface area (Å²) >= 11 is 1.97. The smallest absolute Gasteiger partial charge is 0.188 e. The molecule has 4 heteroatoms. The van der Waals surface area contributed by atoms with Crippen molar-refractivity contribution in [3.63, 3.8) is 0 Å². The zero-order chi connectivity index (χ0) is 28.5. The van der Waals surface area contributed by atoms with E-state index >= 15 is 0 Å². The Balaban J connectivity index is 1.18. The molecule has 1 aliphatic rings. The molecule has 0 atom stereocenters. The minimum Gasteiger partial charge on any atom is -0.456 e. The number of benzene rings is 6. The number of hydrogen-bond donors (Lipinski definition) is 0. The summed E-state index contributed by atoms with van der Waals surface area (Å²) in [5.41, 5.74) is 13.6. The Bertz CT molecular complexity index is 2460. The lowest BCUT2D eigenvalue weighted by Crippen LogP contribution is -1.97. The summed E-state index contributed by atoms with van der Waals surface area (Å²) < 4.78 is 8.54. The van der Waals surface area contributed by atoms with Gasteiger partial charge in [0.25, 0.3) is 0 Å². The average Bonchev–Trinajstić information content (AvgIpc) is 3.53. The van der Waals surface area contributed by atoms with Gasteiger partial charge in [-0.05, 0) is 93.4 Å². The Morgan fingerprint density at radius 2 is 1.35 bits per heavy atom. The van der Waals surface area contributed by atoms with Crippen LogP contribution in [-0.2, 0) is 11.5 Å². The van der Waals surface area contributed by atoms with Crippen LogP contribution in [0, 0.1) is 6.57 Å². The summed E-state index contributed by atoms with van der Waals surface area (Å²) in [6, 6.07) is 43.1. The molecule has 6 aromatic carbocycles. The molecule has 0 amide bonds. The maximum absolute atomic E-state index is 7.53. The molecule has 0 fully saturated rings. The van der Waals surface area contributed by atoms with Crippen LogP contribution >= 0.6 is 11.8 Å². The minimum absolute atomic E-state index is 0.665. The molecule has 1 aliphatic heterocycles. The van der Waals surface area contributed by atoms with Crippen LogP contribution < -0.4 is 0 Å². The van der Waals surface area contributed by atoms with Crippen LogP contribution in [0.2, 0.25) is 0 Å². The van der Waals surface area contributed by atoms with Crippen molar-refractivity contribution in [3.8, 4) is 27.9 Å². The molecule has 0 radical (unpaired) electrons. The topological polar surface area (TPSA) is 22.4 Å². The van der Waals surface area contributed by atoms with Gasteiger partial charge in [-0.15, -0.1) is 0 Å². The lowest BCUT2D eigenvalue weighted by atomic mass is 9.93. The van der Waals surface area contributed by atoms with Crippen molar-refractivity contribution in [2.24, 2.45) is 0 Å². The van der Waals surface area contributed by atoms with Gasteiger partial charge in [0.1, 0.15) is 11.2 Å². The van der Waals surface area contributed by atoms with Crippen molar-refractivity contribution in [2.75, 3.05) is 0 Å². The van der Waals surface area contributed by atoms with Gasteiger partial charge in [-0.25, -0.2) is 4.85 Å². The number of fused-ring (bicyclic) bond motifs is 9. The summed E-state index contributed by atoms with van der Waals surface area (Å²) in [6.07, 6.45) is 0. The van der Waals surface area contributed by atoms with E-state index in [1.807, 2.05) is 36.0 Å². The maximum Gasteiger partial charge on any atom is 0.188 e. The number of aromatic nitrogens is 1. The van der Waals surface area contributed by atoms with Gasteiger partial charge in [0, 0.05) is 33.4 Å². The van der Waals surface area contributed by atoms with Crippen molar-refractivity contribution < 1.29 is 4.42 Å². The molecule has 0 unspecified atom stereocenters. The molecule has 0 saturated carbocycles. The van der Waals surface area contributed by atoms with Gasteiger partial charge >= 0.3 is 0 Å². The van der Waals surface area contributed by atoms with Crippen molar-refractivity contribution >= 4 is 61.2 Å². The summed E-state index contributed by atoms with van der Waals surface area (Å²) in [5, 5.41) is 4.59. The lowest BCUT2D eigenvalue weighted by Gasteiger charge is -2.15. The molecule has 3 nitrogen and oxygen atoms in total. The highest BCUT2D eigenvalue weighted by Gasteiger charge is 2.19.